The number of halogens is 3. The minimum atomic E-state index is -2.69. The minimum Gasteiger partial charge on any atom is -0.342 e. The van der Waals surface area contributed by atoms with Crippen molar-refractivity contribution in [3.05, 3.63) is 29.1 Å². The van der Waals surface area contributed by atoms with Crippen molar-refractivity contribution >= 4 is 41.3 Å². The molecule has 0 aromatic heterocycles. The molecule has 0 radical (unpaired) electrons. The van der Waals surface area contributed by atoms with Crippen molar-refractivity contribution in [1.82, 2.24) is 15.1 Å². The molecule has 1 aromatic rings. The van der Waals surface area contributed by atoms with Crippen LogP contribution in [-0.2, 0) is 14.4 Å². The number of rotatable bonds is 9. The first-order valence-electron chi connectivity index (χ1n) is 12.4. The number of carbonyl (C=O) groups is 5. The van der Waals surface area contributed by atoms with Crippen LogP contribution in [0, 0.1) is 5.82 Å². The molecule has 2 saturated heterocycles. The van der Waals surface area contributed by atoms with Gasteiger partial charge in [0.05, 0.1) is 16.0 Å². The van der Waals surface area contributed by atoms with E-state index in [1.165, 1.54) is 11.0 Å². The molecule has 0 aliphatic carbocycles. The number of alkyl halides is 2. The molecule has 5 amide bonds. The summed E-state index contributed by atoms with van der Waals surface area (Å²) in [4.78, 5) is 64.2. The van der Waals surface area contributed by atoms with Gasteiger partial charge in [-0.2, -0.15) is 0 Å². The fraction of sp³-hybridized carbons (Fsp3) is 0.560. The summed E-state index contributed by atoms with van der Waals surface area (Å²) in [6.07, 6.45) is 2.52. The summed E-state index contributed by atoms with van der Waals surface area (Å²) < 4.78 is 41.1. The second kappa shape index (κ2) is 11.2. The summed E-state index contributed by atoms with van der Waals surface area (Å²) in [6.45, 7) is 0.162. The minimum absolute atomic E-state index is 0.000648. The molecule has 12 heteroatoms. The zero-order valence-electron chi connectivity index (χ0n) is 20.2. The number of benzene rings is 1. The normalized spacial score (nSPS) is 21.3. The van der Waals surface area contributed by atoms with Gasteiger partial charge in [-0.1, -0.05) is 12.8 Å². The zero-order chi connectivity index (χ0) is 26.7. The summed E-state index contributed by atoms with van der Waals surface area (Å²) in [5.41, 5.74) is -0.0232. The Kier molecular flexibility index (Phi) is 8.25. The second-order valence-corrected chi connectivity index (χ2v) is 10.6. The highest BCUT2D eigenvalue weighted by atomic mass is 32.2. The van der Waals surface area contributed by atoms with E-state index in [9.17, 15) is 37.1 Å². The quantitative estimate of drug-likeness (QED) is 0.293. The lowest BCUT2D eigenvalue weighted by Gasteiger charge is -2.31. The molecule has 0 spiro atoms. The van der Waals surface area contributed by atoms with Gasteiger partial charge in [0.1, 0.15) is 11.9 Å². The lowest BCUT2D eigenvalue weighted by molar-refractivity contribution is -0.138. The van der Waals surface area contributed by atoms with Crippen LogP contribution in [0.2, 0.25) is 0 Å². The molecule has 3 aliphatic rings. The molecule has 0 saturated carbocycles. The van der Waals surface area contributed by atoms with Crippen molar-refractivity contribution < 1.29 is 37.1 Å². The number of imide groups is 2. The lowest BCUT2D eigenvalue weighted by Crippen LogP contribution is -2.54. The Morgan fingerprint density at radius 2 is 1.73 bits per heavy atom. The van der Waals surface area contributed by atoms with E-state index in [0.717, 1.165) is 35.6 Å². The van der Waals surface area contributed by atoms with Gasteiger partial charge < -0.3 is 4.90 Å². The van der Waals surface area contributed by atoms with Crippen LogP contribution in [0.25, 0.3) is 0 Å². The Hall–Kier alpha value is -2.89. The van der Waals surface area contributed by atoms with Crippen LogP contribution in [0.1, 0.15) is 78.5 Å². The third-order valence-electron chi connectivity index (χ3n) is 6.89. The van der Waals surface area contributed by atoms with Crippen LogP contribution in [-0.4, -0.2) is 70.1 Å². The highest BCUT2D eigenvalue weighted by Gasteiger charge is 2.46. The predicted molar refractivity (Wildman–Crippen MR) is 128 cm³/mol. The van der Waals surface area contributed by atoms with Gasteiger partial charge in [0.2, 0.25) is 17.7 Å². The Bertz CT molecular complexity index is 1120. The van der Waals surface area contributed by atoms with Gasteiger partial charge in [0.15, 0.2) is 0 Å². The van der Waals surface area contributed by atoms with E-state index in [4.69, 9.17) is 0 Å². The van der Waals surface area contributed by atoms with Gasteiger partial charge in [-0.3, -0.25) is 34.2 Å². The Balaban J connectivity index is 1.26. The lowest BCUT2D eigenvalue weighted by atomic mass is 10.0. The Labute approximate surface area is 216 Å². The van der Waals surface area contributed by atoms with Crippen LogP contribution in [0.5, 0.6) is 0 Å². The van der Waals surface area contributed by atoms with E-state index >= 15 is 0 Å². The van der Waals surface area contributed by atoms with Crippen LogP contribution >= 0.6 is 11.8 Å². The van der Waals surface area contributed by atoms with Gasteiger partial charge in [-0.25, -0.2) is 13.2 Å². The molecular formula is C25H28F3N3O5S. The van der Waals surface area contributed by atoms with Crippen molar-refractivity contribution in [2.75, 3.05) is 18.8 Å². The number of amides is 5. The molecule has 1 N–H and O–H groups in total. The first-order valence-corrected chi connectivity index (χ1v) is 13.4. The largest absolute Gasteiger partial charge is 0.342 e. The van der Waals surface area contributed by atoms with E-state index in [0.29, 0.717) is 25.0 Å². The van der Waals surface area contributed by atoms with E-state index < -0.39 is 41.4 Å². The molecule has 1 aromatic carbocycles. The molecule has 2 fully saturated rings. The highest BCUT2D eigenvalue weighted by Crippen LogP contribution is 2.36. The van der Waals surface area contributed by atoms with Crippen molar-refractivity contribution in [2.24, 2.45) is 0 Å². The fourth-order valence-electron chi connectivity index (χ4n) is 4.79. The number of carbonyl (C=O) groups excluding carboxylic acids is 5. The number of nitrogens with zero attached hydrogens (tertiary/aromatic N) is 2. The SMILES string of the molecule is O=C1CCC(N2C(=O)c3ccc(F)c(SCCCCCCC(=O)N4CCC(F)(F)CC4)c3C2=O)C(=O)N1. The van der Waals surface area contributed by atoms with E-state index in [2.05, 4.69) is 5.32 Å². The molecule has 1 atom stereocenters. The number of nitrogens with one attached hydrogen (secondary N) is 1. The summed E-state index contributed by atoms with van der Waals surface area (Å²) in [6, 6.07) is 1.25. The third-order valence-corrected chi connectivity index (χ3v) is 8.07. The highest BCUT2D eigenvalue weighted by molar-refractivity contribution is 7.99. The monoisotopic (exact) mass is 539 g/mol. The summed E-state index contributed by atoms with van der Waals surface area (Å²) in [7, 11) is 0. The molecule has 37 heavy (non-hydrogen) atoms. The number of fused-ring (bicyclic) bond motifs is 1. The maximum atomic E-state index is 14.7. The van der Waals surface area contributed by atoms with Gasteiger partial charge in [0.25, 0.3) is 17.7 Å². The second-order valence-electron chi connectivity index (χ2n) is 9.50. The number of thioether (sulfide) groups is 1. The number of hydrogen-bond acceptors (Lipinski definition) is 6. The average Bonchev–Trinajstić information content (AvgIpc) is 3.09. The summed E-state index contributed by atoms with van der Waals surface area (Å²) >= 11 is 1.12. The average molecular weight is 540 g/mol. The third kappa shape index (κ3) is 6.00. The van der Waals surface area contributed by atoms with Crippen molar-refractivity contribution in [3.8, 4) is 0 Å². The zero-order valence-corrected chi connectivity index (χ0v) is 21.0. The van der Waals surface area contributed by atoms with E-state index in [-0.39, 0.29) is 60.7 Å². The topological polar surface area (TPSA) is 104 Å². The summed E-state index contributed by atoms with van der Waals surface area (Å²) in [5, 5.41) is 2.13. The van der Waals surface area contributed by atoms with Crippen LogP contribution in [0.3, 0.4) is 0 Å². The molecule has 4 rings (SSSR count). The van der Waals surface area contributed by atoms with E-state index in [1.807, 2.05) is 0 Å². The molecule has 0 bridgehead atoms. The maximum absolute atomic E-state index is 14.7. The standard InChI is InChI=1S/C25H28F3N3O5S/c26-16-7-6-15-20(24(36)31(23(15)35)17-8-9-18(32)29-22(17)34)21(16)37-14-4-2-1-3-5-19(33)30-12-10-25(27,28)11-13-30/h6-7,17H,1-5,8-14H2,(H,29,32,34). The maximum Gasteiger partial charge on any atom is 0.263 e. The molecule has 3 heterocycles. The number of unbranched alkanes of at least 4 members (excludes halogenated alkanes) is 3. The Morgan fingerprint density at radius 3 is 2.43 bits per heavy atom. The molecule has 1 unspecified atom stereocenters. The van der Waals surface area contributed by atoms with Gasteiger partial charge in [0, 0.05) is 38.8 Å². The van der Waals surface area contributed by atoms with Gasteiger partial charge >= 0.3 is 0 Å². The summed E-state index contributed by atoms with van der Waals surface area (Å²) in [5.74, 6) is -5.58. The van der Waals surface area contributed by atoms with Crippen molar-refractivity contribution in [1.29, 1.82) is 0 Å². The van der Waals surface area contributed by atoms with Crippen molar-refractivity contribution in [2.45, 2.75) is 74.6 Å². The first kappa shape index (κ1) is 27.2. The number of piperidine rings is 2. The first-order chi connectivity index (χ1) is 17.6. The van der Waals surface area contributed by atoms with Crippen LogP contribution in [0.4, 0.5) is 13.2 Å². The molecular weight excluding hydrogens is 511 g/mol. The predicted octanol–water partition coefficient (Wildman–Crippen LogP) is 3.53. The van der Waals surface area contributed by atoms with Crippen LogP contribution in [0.15, 0.2) is 17.0 Å². The number of hydrogen-bond donors (Lipinski definition) is 1. The molecule has 200 valence electrons. The van der Waals surface area contributed by atoms with Crippen molar-refractivity contribution in [3.63, 3.8) is 0 Å². The van der Waals surface area contributed by atoms with Gasteiger partial charge in [-0.05, 0) is 37.1 Å². The number of likely N-dealkylation sites (tertiary alicyclic amines) is 1. The Morgan fingerprint density at radius 1 is 1.03 bits per heavy atom. The fourth-order valence-corrected chi connectivity index (χ4v) is 5.89. The molecule has 8 nitrogen and oxygen atoms in total. The van der Waals surface area contributed by atoms with E-state index in [1.54, 1.807) is 0 Å². The molecule has 3 aliphatic heterocycles. The smallest absolute Gasteiger partial charge is 0.263 e. The van der Waals surface area contributed by atoms with Gasteiger partial charge in [-0.15, -0.1) is 11.8 Å². The van der Waals surface area contributed by atoms with Crippen LogP contribution < -0.4 is 5.32 Å².